The summed E-state index contributed by atoms with van der Waals surface area (Å²) >= 11 is 0. The number of carbonyl (C=O) groups is 1. The van der Waals surface area contributed by atoms with E-state index in [1.807, 2.05) is 89.9 Å². The molecule has 1 N–H and O–H groups in total. The summed E-state index contributed by atoms with van der Waals surface area (Å²) in [5.41, 5.74) is 11.3. The molecule has 0 radical (unpaired) electrons. The van der Waals surface area contributed by atoms with Gasteiger partial charge in [0.05, 0.1) is 11.7 Å². The highest BCUT2D eigenvalue weighted by molar-refractivity contribution is 5.96. The second-order valence-corrected chi connectivity index (χ2v) is 9.49. The molecule has 5 aromatic carbocycles. The lowest BCUT2D eigenvalue weighted by molar-refractivity contribution is 0.0837. The van der Waals surface area contributed by atoms with Crippen LogP contribution in [0.5, 0.6) is 0 Å². The lowest BCUT2D eigenvalue weighted by atomic mass is 9.92. The van der Waals surface area contributed by atoms with Gasteiger partial charge in [0.1, 0.15) is 0 Å². The monoisotopic (exact) mass is 504 g/mol. The third-order valence-corrected chi connectivity index (χ3v) is 6.96. The van der Waals surface area contributed by atoms with E-state index in [9.17, 15) is 4.79 Å². The molecular weight excluding hydrogens is 476 g/mol. The van der Waals surface area contributed by atoms with Gasteiger partial charge in [-0.2, -0.15) is 0 Å². The van der Waals surface area contributed by atoms with Gasteiger partial charge in [0.15, 0.2) is 0 Å². The summed E-state index contributed by atoms with van der Waals surface area (Å²) in [6.07, 6.45) is 4.37. The minimum Gasteiger partial charge on any atom is -0.273 e. The van der Waals surface area contributed by atoms with Gasteiger partial charge in [0.25, 0.3) is 5.91 Å². The Morgan fingerprint density at radius 2 is 1.03 bits per heavy atom. The first-order chi connectivity index (χ1) is 19.3. The standard InChI is InChI=1S/C36H28N2O/c39-36(32-23-21-29(22-24-32)27-13-5-1-6-14-27)37-38-34(30-17-9-3-10-18-30)25-33(28-15-7-2-8-16-28)26-35(38)31-19-11-4-12-20-31/h1-26,34H,(H,37,39). The Morgan fingerprint density at radius 3 is 1.62 bits per heavy atom. The third-order valence-electron chi connectivity index (χ3n) is 6.96. The number of rotatable bonds is 6. The molecule has 0 saturated carbocycles. The number of benzene rings is 5. The van der Waals surface area contributed by atoms with Crippen molar-refractivity contribution in [3.05, 3.63) is 180 Å². The van der Waals surface area contributed by atoms with Gasteiger partial charge >= 0.3 is 0 Å². The molecule has 0 aromatic heterocycles. The molecule has 0 aliphatic carbocycles. The number of carbonyl (C=O) groups excluding carboxylic acids is 1. The van der Waals surface area contributed by atoms with Crippen LogP contribution in [0.2, 0.25) is 0 Å². The molecule has 188 valence electrons. The average molecular weight is 505 g/mol. The maximum atomic E-state index is 13.7. The van der Waals surface area contributed by atoms with Crippen molar-refractivity contribution in [1.82, 2.24) is 10.4 Å². The number of nitrogens with zero attached hydrogens (tertiary/aromatic N) is 1. The van der Waals surface area contributed by atoms with Gasteiger partial charge in [-0.15, -0.1) is 0 Å². The predicted octanol–water partition coefficient (Wildman–Crippen LogP) is 8.18. The fraction of sp³-hybridized carbons (Fsp3) is 0.0278. The Hall–Kier alpha value is -5.15. The second-order valence-electron chi connectivity index (χ2n) is 9.49. The van der Waals surface area contributed by atoms with Crippen LogP contribution in [0.4, 0.5) is 0 Å². The Kier molecular flexibility index (Phi) is 6.87. The molecule has 1 atom stereocenters. The summed E-state index contributed by atoms with van der Waals surface area (Å²) in [6.45, 7) is 0. The molecule has 1 unspecified atom stereocenters. The van der Waals surface area contributed by atoms with Crippen LogP contribution < -0.4 is 5.43 Å². The fourth-order valence-corrected chi connectivity index (χ4v) is 4.94. The van der Waals surface area contributed by atoms with E-state index in [0.717, 1.165) is 39.1 Å². The smallest absolute Gasteiger partial charge is 0.269 e. The van der Waals surface area contributed by atoms with Crippen LogP contribution in [-0.2, 0) is 0 Å². The first-order valence-electron chi connectivity index (χ1n) is 13.1. The Morgan fingerprint density at radius 1 is 0.538 bits per heavy atom. The van der Waals surface area contributed by atoms with Gasteiger partial charge in [-0.05, 0) is 57.7 Å². The van der Waals surface area contributed by atoms with Crippen molar-refractivity contribution in [2.24, 2.45) is 0 Å². The Bertz CT molecular complexity index is 1610. The number of hydrogen-bond acceptors (Lipinski definition) is 2. The van der Waals surface area contributed by atoms with E-state index in [0.29, 0.717) is 5.56 Å². The molecule has 6 rings (SSSR count). The number of amides is 1. The van der Waals surface area contributed by atoms with Crippen LogP contribution in [0, 0.1) is 0 Å². The highest BCUT2D eigenvalue weighted by Gasteiger charge is 2.28. The second kappa shape index (κ2) is 11.1. The van der Waals surface area contributed by atoms with E-state index in [-0.39, 0.29) is 11.9 Å². The number of hydrogen-bond donors (Lipinski definition) is 1. The van der Waals surface area contributed by atoms with Crippen molar-refractivity contribution in [2.45, 2.75) is 6.04 Å². The molecule has 0 spiro atoms. The lowest BCUT2D eigenvalue weighted by Gasteiger charge is -2.37. The lowest BCUT2D eigenvalue weighted by Crippen LogP contribution is -2.44. The summed E-state index contributed by atoms with van der Waals surface area (Å²) in [6, 6.07) is 48.6. The third kappa shape index (κ3) is 5.29. The minimum absolute atomic E-state index is 0.158. The molecule has 1 heterocycles. The van der Waals surface area contributed by atoms with Gasteiger partial charge in [0, 0.05) is 5.56 Å². The molecule has 0 bridgehead atoms. The van der Waals surface area contributed by atoms with Crippen molar-refractivity contribution >= 4 is 17.2 Å². The summed E-state index contributed by atoms with van der Waals surface area (Å²) in [7, 11) is 0. The van der Waals surface area contributed by atoms with E-state index in [1.54, 1.807) is 0 Å². The van der Waals surface area contributed by atoms with Gasteiger partial charge in [-0.25, -0.2) is 0 Å². The first kappa shape index (κ1) is 24.2. The zero-order valence-corrected chi connectivity index (χ0v) is 21.4. The highest BCUT2D eigenvalue weighted by atomic mass is 16.2. The topological polar surface area (TPSA) is 32.3 Å². The first-order valence-corrected chi connectivity index (χ1v) is 13.1. The summed E-state index contributed by atoms with van der Waals surface area (Å²) in [4.78, 5) is 13.7. The highest BCUT2D eigenvalue weighted by Crippen LogP contribution is 2.38. The molecule has 0 saturated heterocycles. The van der Waals surface area contributed by atoms with E-state index in [4.69, 9.17) is 0 Å². The van der Waals surface area contributed by atoms with Crippen molar-refractivity contribution in [3.63, 3.8) is 0 Å². The van der Waals surface area contributed by atoms with Crippen LogP contribution in [0.15, 0.2) is 158 Å². The van der Waals surface area contributed by atoms with E-state index < -0.39 is 0 Å². The zero-order chi connectivity index (χ0) is 26.4. The Balaban J connectivity index is 1.39. The number of hydrazine groups is 1. The van der Waals surface area contributed by atoms with Crippen LogP contribution in [0.3, 0.4) is 0 Å². The molecule has 1 amide bonds. The molecular formula is C36H28N2O. The fourth-order valence-electron chi connectivity index (χ4n) is 4.94. The molecule has 3 nitrogen and oxygen atoms in total. The molecule has 5 aromatic rings. The predicted molar refractivity (Wildman–Crippen MR) is 159 cm³/mol. The summed E-state index contributed by atoms with van der Waals surface area (Å²) in [5, 5.41) is 1.99. The average Bonchev–Trinajstić information content (AvgIpc) is 3.03. The molecule has 3 heteroatoms. The van der Waals surface area contributed by atoms with Gasteiger partial charge in [-0.3, -0.25) is 15.2 Å². The molecule has 39 heavy (non-hydrogen) atoms. The quantitative estimate of drug-likeness (QED) is 0.253. The normalized spacial score (nSPS) is 14.8. The minimum atomic E-state index is -0.200. The van der Waals surface area contributed by atoms with Crippen LogP contribution >= 0.6 is 0 Å². The van der Waals surface area contributed by atoms with Gasteiger partial charge < -0.3 is 0 Å². The van der Waals surface area contributed by atoms with Crippen LogP contribution in [0.1, 0.15) is 33.1 Å². The van der Waals surface area contributed by atoms with Gasteiger partial charge in [0.2, 0.25) is 0 Å². The van der Waals surface area contributed by atoms with E-state index in [2.05, 4.69) is 78.2 Å². The Labute approximate surface area is 229 Å². The van der Waals surface area contributed by atoms with Crippen molar-refractivity contribution in [1.29, 1.82) is 0 Å². The van der Waals surface area contributed by atoms with Crippen molar-refractivity contribution < 1.29 is 4.79 Å². The van der Waals surface area contributed by atoms with Crippen molar-refractivity contribution in [3.8, 4) is 11.1 Å². The number of allylic oxidation sites excluding steroid dienone is 2. The van der Waals surface area contributed by atoms with E-state index >= 15 is 0 Å². The molecule has 0 fully saturated rings. The van der Waals surface area contributed by atoms with Crippen LogP contribution in [0.25, 0.3) is 22.4 Å². The van der Waals surface area contributed by atoms with Crippen LogP contribution in [-0.4, -0.2) is 10.9 Å². The largest absolute Gasteiger partial charge is 0.273 e. The number of nitrogens with one attached hydrogen (secondary N) is 1. The maximum Gasteiger partial charge on any atom is 0.269 e. The zero-order valence-electron chi connectivity index (χ0n) is 21.4. The summed E-state index contributed by atoms with van der Waals surface area (Å²) < 4.78 is 0. The molecule has 1 aliphatic rings. The van der Waals surface area contributed by atoms with Crippen molar-refractivity contribution in [2.75, 3.05) is 0 Å². The van der Waals surface area contributed by atoms with E-state index in [1.165, 1.54) is 0 Å². The van der Waals surface area contributed by atoms with Gasteiger partial charge in [-0.1, -0.05) is 133 Å². The molecule has 1 aliphatic heterocycles. The summed E-state index contributed by atoms with van der Waals surface area (Å²) in [5.74, 6) is -0.158. The SMILES string of the molecule is O=C(NN1C(c2ccccc2)=CC(c2ccccc2)=CC1c1ccccc1)c1ccc(-c2ccccc2)cc1. The maximum absolute atomic E-state index is 13.7.